The van der Waals surface area contributed by atoms with Gasteiger partial charge in [0.2, 0.25) is 11.8 Å². The fourth-order valence-electron chi connectivity index (χ4n) is 2.14. The summed E-state index contributed by atoms with van der Waals surface area (Å²) < 4.78 is 4.76. The topological polar surface area (TPSA) is 111 Å². The molecular weight excluding hydrogens is 342 g/mol. The van der Waals surface area contributed by atoms with Gasteiger partial charge >= 0.3 is 5.97 Å². The lowest BCUT2D eigenvalue weighted by Gasteiger charge is -2.27. The third-order valence-corrected chi connectivity index (χ3v) is 4.87. The Labute approximate surface area is 155 Å². The first-order chi connectivity index (χ1) is 11.7. The number of esters is 1. The molecule has 4 N–H and O–H groups in total. The van der Waals surface area contributed by atoms with Crippen molar-refractivity contribution in [3.8, 4) is 0 Å². The standard InChI is InChI=1S/C17H33N3O4S/c1-7-11(4)14(20-15(21)13(18)10(2)3)16(22)19-12(8-9-25-6)17(23)24-5/h10-14H,7-9,18H2,1-6H3,(H,19,22)(H,20,21). The van der Waals surface area contributed by atoms with Gasteiger partial charge < -0.3 is 21.1 Å². The zero-order valence-electron chi connectivity index (χ0n) is 16.1. The van der Waals surface area contributed by atoms with E-state index in [1.165, 1.54) is 7.11 Å². The monoisotopic (exact) mass is 375 g/mol. The van der Waals surface area contributed by atoms with Crippen LogP contribution in [0.25, 0.3) is 0 Å². The van der Waals surface area contributed by atoms with Crippen molar-refractivity contribution in [3.63, 3.8) is 0 Å². The van der Waals surface area contributed by atoms with Crippen LogP contribution < -0.4 is 16.4 Å². The molecule has 146 valence electrons. The number of nitrogens with two attached hydrogens (primary N) is 1. The quantitative estimate of drug-likeness (QED) is 0.463. The molecule has 0 bridgehead atoms. The van der Waals surface area contributed by atoms with Crippen molar-refractivity contribution in [2.45, 2.75) is 58.7 Å². The molecule has 8 heteroatoms. The van der Waals surface area contributed by atoms with Crippen molar-refractivity contribution < 1.29 is 19.1 Å². The first kappa shape index (κ1) is 23.7. The van der Waals surface area contributed by atoms with Gasteiger partial charge in [-0.15, -0.1) is 0 Å². The highest BCUT2D eigenvalue weighted by Gasteiger charge is 2.31. The number of methoxy groups -OCH3 is 1. The summed E-state index contributed by atoms with van der Waals surface area (Å²) in [4.78, 5) is 36.8. The average Bonchev–Trinajstić information content (AvgIpc) is 2.60. The summed E-state index contributed by atoms with van der Waals surface area (Å²) >= 11 is 1.58. The predicted octanol–water partition coefficient (Wildman–Crippen LogP) is 0.912. The van der Waals surface area contributed by atoms with Gasteiger partial charge in [-0.3, -0.25) is 9.59 Å². The average molecular weight is 376 g/mol. The second-order valence-corrected chi connectivity index (χ2v) is 7.49. The highest BCUT2D eigenvalue weighted by atomic mass is 32.2. The molecule has 7 nitrogen and oxygen atoms in total. The summed E-state index contributed by atoms with van der Waals surface area (Å²) in [5.74, 6) is -0.675. The minimum atomic E-state index is -0.747. The SMILES string of the molecule is CCC(C)C(NC(=O)C(N)C(C)C)C(=O)NC(CCSC)C(=O)OC. The van der Waals surface area contributed by atoms with Crippen LogP contribution >= 0.6 is 11.8 Å². The molecule has 25 heavy (non-hydrogen) atoms. The van der Waals surface area contributed by atoms with Gasteiger partial charge in [0, 0.05) is 0 Å². The van der Waals surface area contributed by atoms with Gasteiger partial charge in [-0.1, -0.05) is 34.1 Å². The smallest absolute Gasteiger partial charge is 0.328 e. The molecule has 4 atom stereocenters. The number of thioether (sulfide) groups is 1. The van der Waals surface area contributed by atoms with E-state index >= 15 is 0 Å². The van der Waals surface area contributed by atoms with E-state index in [-0.39, 0.29) is 17.7 Å². The molecule has 0 saturated heterocycles. The summed E-state index contributed by atoms with van der Waals surface area (Å²) in [6.07, 6.45) is 3.08. The molecule has 0 aliphatic rings. The molecule has 0 aliphatic carbocycles. The lowest BCUT2D eigenvalue weighted by atomic mass is 9.96. The molecule has 0 aromatic heterocycles. The van der Waals surface area contributed by atoms with Gasteiger partial charge in [0.1, 0.15) is 12.1 Å². The third kappa shape index (κ3) is 8.09. The van der Waals surface area contributed by atoms with Crippen LogP contribution in [0, 0.1) is 11.8 Å². The Morgan fingerprint density at radius 1 is 1.12 bits per heavy atom. The maximum Gasteiger partial charge on any atom is 0.328 e. The first-order valence-corrected chi connectivity index (χ1v) is 10.0. The number of hydrogen-bond donors (Lipinski definition) is 3. The Bertz CT molecular complexity index is 446. The largest absolute Gasteiger partial charge is 0.467 e. The van der Waals surface area contributed by atoms with E-state index in [4.69, 9.17) is 10.5 Å². The Hall–Kier alpha value is -1.28. The van der Waals surface area contributed by atoms with Crippen molar-refractivity contribution in [1.29, 1.82) is 0 Å². The van der Waals surface area contributed by atoms with Gasteiger partial charge in [0.25, 0.3) is 0 Å². The van der Waals surface area contributed by atoms with Crippen LogP contribution in [-0.4, -0.2) is 55.0 Å². The Kier molecular flexibility index (Phi) is 11.5. The molecule has 0 spiro atoms. The zero-order chi connectivity index (χ0) is 19.6. The normalized spacial score (nSPS) is 15.8. The Balaban J connectivity index is 5.14. The van der Waals surface area contributed by atoms with Crippen LogP contribution in [0.1, 0.15) is 40.5 Å². The van der Waals surface area contributed by atoms with Crippen LogP contribution in [0.15, 0.2) is 0 Å². The van der Waals surface area contributed by atoms with Crippen LogP contribution in [0.4, 0.5) is 0 Å². The summed E-state index contributed by atoms with van der Waals surface area (Å²) in [6.45, 7) is 7.50. The molecule has 4 unspecified atom stereocenters. The minimum Gasteiger partial charge on any atom is -0.467 e. The highest BCUT2D eigenvalue weighted by Crippen LogP contribution is 2.11. The van der Waals surface area contributed by atoms with Crippen LogP contribution in [0.3, 0.4) is 0 Å². The maximum atomic E-state index is 12.7. The summed E-state index contributed by atoms with van der Waals surface area (Å²) in [5.41, 5.74) is 5.87. The fourth-order valence-corrected chi connectivity index (χ4v) is 2.61. The number of amides is 2. The second kappa shape index (κ2) is 12.1. The van der Waals surface area contributed by atoms with E-state index in [2.05, 4.69) is 10.6 Å². The molecular formula is C17H33N3O4S. The van der Waals surface area contributed by atoms with Crippen molar-refractivity contribution in [2.24, 2.45) is 17.6 Å². The van der Waals surface area contributed by atoms with Crippen molar-refractivity contribution >= 4 is 29.5 Å². The Morgan fingerprint density at radius 2 is 1.72 bits per heavy atom. The molecule has 0 fully saturated rings. The number of nitrogens with one attached hydrogen (secondary N) is 2. The first-order valence-electron chi connectivity index (χ1n) is 8.62. The third-order valence-electron chi connectivity index (χ3n) is 4.23. The maximum absolute atomic E-state index is 12.7. The number of carbonyl (C=O) groups excluding carboxylic acids is 3. The molecule has 0 aliphatic heterocycles. The van der Waals surface area contributed by atoms with Crippen LogP contribution in [0.2, 0.25) is 0 Å². The van der Waals surface area contributed by atoms with Crippen molar-refractivity contribution in [1.82, 2.24) is 10.6 Å². The molecule has 0 aromatic carbocycles. The second-order valence-electron chi connectivity index (χ2n) is 6.51. The van der Waals surface area contributed by atoms with Crippen LogP contribution in [0.5, 0.6) is 0 Å². The Morgan fingerprint density at radius 3 is 2.16 bits per heavy atom. The lowest BCUT2D eigenvalue weighted by molar-refractivity contribution is -0.145. The fraction of sp³-hybridized carbons (Fsp3) is 0.824. The number of rotatable bonds is 11. The van der Waals surface area contributed by atoms with Gasteiger partial charge in [0.15, 0.2) is 0 Å². The predicted molar refractivity (Wildman–Crippen MR) is 101 cm³/mol. The van der Waals surface area contributed by atoms with E-state index in [9.17, 15) is 14.4 Å². The van der Waals surface area contributed by atoms with E-state index in [0.29, 0.717) is 18.6 Å². The minimum absolute atomic E-state index is 0.0370. The molecule has 2 amide bonds. The van der Waals surface area contributed by atoms with Crippen LogP contribution in [-0.2, 0) is 19.1 Å². The number of hydrogen-bond acceptors (Lipinski definition) is 6. The molecule has 0 aromatic rings. The number of carbonyl (C=O) groups is 3. The van der Waals surface area contributed by atoms with E-state index in [1.54, 1.807) is 11.8 Å². The van der Waals surface area contributed by atoms with Gasteiger partial charge in [-0.25, -0.2) is 4.79 Å². The molecule has 0 radical (unpaired) electrons. The summed E-state index contributed by atoms with van der Waals surface area (Å²) in [5, 5.41) is 5.44. The van der Waals surface area contributed by atoms with Gasteiger partial charge in [-0.2, -0.15) is 11.8 Å². The molecule has 0 heterocycles. The van der Waals surface area contributed by atoms with E-state index < -0.39 is 30.0 Å². The van der Waals surface area contributed by atoms with E-state index in [0.717, 1.165) is 0 Å². The van der Waals surface area contributed by atoms with Gasteiger partial charge in [-0.05, 0) is 30.3 Å². The van der Waals surface area contributed by atoms with Crippen molar-refractivity contribution in [2.75, 3.05) is 19.1 Å². The lowest BCUT2D eigenvalue weighted by Crippen LogP contribution is -2.57. The molecule has 0 rings (SSSR count). The van der Waals surface area contributed by atoms with E-state index in [1.807, 2.05) is 34.0 Å². The summed E-state index contributed by atoms with van der Waals surface area (Å²) in [6, 6.07) is -2.16. The zero-order valence-corrected chi connectivity index (χ0v) is 16.9. The number of ether oxygens (including phenoxy) is 1. The van der Waals surface area contributed by atoms with Crippen molar-refractivity contribution in [3.05, 3.63) is 0 Å². The van der Waals surface area contributed by atoms with Gasteiger partial charge in [0.05, 0.1) is 13.2 Å². The highest BCUT2D eigenvalue weighted by molar-refractivity contribution is 7.98. The molecule has 0 saturated carbocycles. The summed E-state index contributed by atoms with van der Waals surface area (Å²) in [7, 11) is 1.29.